The molecule has 4 rings (SSSR count). The number of rotatable bonds is 4. The number of nitrogens with zero attached hydrogens (tertiary/aromatic N) is 1. The number of likely N-dealkylation sites (tertiary alicyclic amines) is 1. The predicted molar refractivity (Wildman–Crippen MR) is 108 cm³/mol. The Bertz CT molecular complexity index is 934. The van der Waals surface area contributed by atoms with Gasteiger partial charge in [0, 0.05) is 18.7 Å². The lowest BCUT2D eigenvalue weighted by Gasteiger charge is -2.31. The molecule has 5 nitrogen and oxygen atoms in total. The van der Waals surface area contributed by atoms with E-state index in [1.54, 1.807) is 25.3 Å². The zero-order chi connectivity index (χ0) is 19.7. The molecule has 1 saturated heterocycles. The molecule has 2 aliphatic heterocycles. The van der Waals surface area contributed by atoms with Gasteiger partial charge in [0.1, 0.15) is 17.2 Å². The average Bonchev–Trinajstić information content (AvgIpc) is 3.00. The first-order valence-corrected chi connectivity index (χ1v) is 9.71. The summed E-state index contributed by atoms with van der Waals surface area (Å²) in [6, 6.07) is 10.7. The summed E-state index contributed by atoms with van der Waals surface area (Å²) in [5.41, 5.74) is 1.96. The summed E-state index contributed by atoms with van der Waals surface area (Å²) >= 11 is 0. The van der Waals surface area contributed by atoms with E-state index in [9.17, 15) is 9.90 Å². The summed E-state index contributed by atoms with van der Waals surface area (Å²) in [6.45, 7) is 4.80. The van der Waals surface area contributed by atoms with Crippen LogP contribution in [0.25, 0.3) is 6.08 Å². The van der Waals surface area contributed by atoms with E-state index in [1.165, 1.54) is 6.42 Å². The third kappa shape index (κ3) is 3.50. The maximum absolute atomic E-state index is 12.9. The summed E-state index contributed by atoms with van der Waals surface area (Å²) in [6.07, 6.45) is 4.08. The van der Waals surface area contributed by atoms with E-state index in [1.807, 2.05) is 24.3 Å². The van der Waals surface area contributed by atoms with Gasteiger partial charge in [-0.05, 0) is 49.6 Å². The van der Waals surface area contributed by atoms with Crippen molar-refractivity contribution in [3.8, 4) is 17.2 Å². The molecule has 0 aromatic heterocycles. The third-order valence-electron chi connectivity index (χ3n) is 5.46. The van der Waals surface area contributed by atoms with Gasteiger partial charge < -0.3 is 14.6 Å². The molecule has 5 heteroatoms. The van der Waals surface area contributed by atoms with Crippen molar-refractivity contribution in [3.63, 3.8) is 0 Å². The highest BCUT2D eigenvalue weighted by Crippen LogP contribution is 2.41. The van der Waals surface area contributed by atoms with E-state index in [0.717, 1.165) is 25.1 Å². The zero-order valence-electron chi connectivity index (χ0n) is 16.3. The van der Waals surface area contributed by atoms with Crippen molar-refractivity contribution in [2.75, 3.05) is 20.2 Å². The summed E-state index contributed by atoms with van der Waals surface area (Å²) in [7, 11) is 1.60. The van der Waals surface area contributed by atoms with Crippen molar-refractivity contribution in [2.45, 2.75) is 26.3 Å². The first-order valence-electron chi connectivity index (χ1n) is 9.71. The molecule has 2 aliphatic rings. The van der Waals surface area contributed by atoms with Gasteiger partial charge in [-0.25, -0.2) is 0 Å². The number of phenols is 1. The monoisotopic (exact) mass is 379 g/mol. The topological polar surface area (TPSA) is 59.0 Å². The third-order valence-corrected chi connectivity index (χ3v) is 5.46. The van der Waals surface area contributed by atoms with Crippen LogP contribution in [0.2, 0.25) is 0 Å². The number of benzene rings is 2. The number of phenolic OH excluding ortho intramolecular Hbond substituents is 1. The van der Waals surface area contributed by atoms with Gasteiger partial charge in [0.25, 0.3) is 0 Å². The van der Waals surface area contributed by atoms with Crippen LogP contribution >= 0.6 is 0 Å². The molecule has 2 heterocycles. The fraction of sp³-hybridized carbons (Fsp3) is 0.348. The Hall–Kier alpha value is -2.79. The molecule has 0 aliphatic carbocycles. The van der Waals surface area contributed by atoms with Gasteiger partial charge in [0.05, 0.1) is 18.2 Å². The molecule has 0 unspecified atom stereocenters. The molecule has 146 valence electrons. The summed E-state index contributed by atoms with van der Waals surface area (Å²) in [5.74, 6) is 2.03. The summed E-state index contributed by atoms with van der Waals surface area (Å²) in [4.78, 5) is 15.2. The number of hydrogen-bond donors (Lipinski definition) is 1. The van der Waals surface area contributed by atoms with Crippen LogP contribution in [0.15, 0.2) is 42.2 Å². The minimum atomic E-state index is -0.172. The second-order valence-corrected chi connectivity index (χ2v) is 7.60. The predicted octanol–water partition coefficient (Wildman–Crippen LogP) is 4.25. The molecule has 0 spiro atoms. The van der Waals surface area contributed by atoms with Crippen molar-refractivity contribution in [3.05, 3.63) is 58.8 Å². The summed E-state index contributed by atoms with van der Waals surface area (Å²) in [5, 5.41) is 10.5. The number of hydrogen-bond acceptors (Lipinski definition) is 5. The number of ketones is 1. The minimum absolute atomic E-state index is 0.170. The number of piperidine rings is 1. The molecule has 2 aromatic carbocycles. The molecule has 0 radical (unpaired) electrons. The number of aromatic hydroxyl groups is 1. The lowest BCUT2D eigenvalue weighted by atomic mass is 9.99. The fourth-order valence-corrected chi connectivity index (χ4v) is 4.03. The van der Waals surface area contributed by atoms with Crippen LogP contribution in [0.4, 0.5) is 0 Å². The Kier molecular flexibility index (Phi) is 5.09. The Morgan fingerprint density at radius 1 is 1.29 bits per heavy atom. The van der Waals surface area contributed by atoms with Crippen LogP contribution in [-0.4, -0.2) is 36.0 Å². The molecule has 1 atom stereocenters. The number of carbonyl (C=O) groups is 1. The second kappa shape index (κ2) is 7.68. The molecule has 0 amide bonds. The SMILES string of the molecule is COc1ccccc1C=C1Oc2c(ccc(O)c2CN2CCC[C@H](C)C2)C1=O. The quantitative estimate of drug-likeness (QED) is 0.805. The van der Waals surface area contributed by atoms with E-state index < -0.39 is 0 Å². The number of ether oxygens (including phenoxy) is 2. The number of methoxy groups -OCH3 is 1. The highest BCUT2D eigenvalue weighted by atomic mass is 16.5. The van der Waals surface area contributed by atoms with Crippen molar-refractivity contribution >= 4 is 11.9 Å². The molecule has 2 aromatic rings. The van der Waals surface area contributed by atoms with Crippen molar-refractivity contribution < 1.29 is 19.4 Å². The smallest absolute Gasteiger partial charge is 0.231 e. The maximum atomic E-state index is 12.9. The average molecular weight is 379 g/mol. The lowest BCUT2D eigenvalue weighted by molar-refractivity contribution is 0.101. The van der Waals surface area contributed by atoms with Crippen molar-refractivity contribution in [2.24, 2.45) is 5.92 Å². The van der Waals surface area contributed by atoms with E-state index in [-0.39, 0.29) is 17.3 Å². The van der Waals surface area contributed by atoms with Crippen LogP contribution in [0.5, 0.6) is 17.2 Å². The van der Waals surface area contributed by atoms with Crippen LogP contribution in [-0.2, 0) is 6.54 Å². The molecule has 0 bridgehead atoms. The van der Waals surface area contributed by atoms with E-state index >= 15 is 0 Å². The van der Waals surface area contributed by atoms with Crippen LogP contribution in [0.3, 0.4) is 0 Å². The van der Waals surface area contributed by atoms with Crippen LogP contribution < -0.4 is 9.47 Å². The largest absolute Gasteiger partial charge is 0.507 e. The molecular weight excluding hydrogens is 354 g/mol. The Balaban J connectivity index is 1.66. The molecule has 1 N–H and O–H groups in total. The number of para-hydroxylation sites is 1. The fourth-order valence-electron chi connectivity index (χ4n) is 4.03. The van der Waals surface area contributed by atoms with Gasteiger partial charge in [-0.15, -0.1) is 0 Å². The van der Waals surface area contributed by atoms with Crippen molar-refractivity contribution in [1.82, 2.24) is 4.90 Å². The van der Waals surface area contributed by atoms with E-state index in [0.29, 0.717) is 35.1 Å². The zero-order valence-corrected chi connectivity index (χ0v) is 16.3. The normalized spacial score (nSPS) is 20.9. The molecule has 28 heavy (non-hydrogen) atoms. The second-order valence-electron chi connectivity index (χ2n) is 7.60. The molecule has 0 saturated carbocycles. The van der Waals surface area contributed by atoms with Crippen LogP contribution in [0, 0.1) is 5.92 Å². The Morgan fingerprint density at radius 2 is 2.11 bits per heavy atom. The van der Waals surface area contributed by atoms with Gasteiger partial charge in [0.15, 0.2) is 5.76 Å². The Labute approximate surface area is 165 Å². The highest BCUT2D eigenvalue weighted by Gasteiger charge is 2.32. The maximum Gasteiger partial charge on any atom is 0.231 e. The molecule has 1 fully saturated rings. The van der Waals surface area contributed by atoms with Gasteiger partial charge in [-0.1, -0.05) is 25.1 Å². The van der Waals surface area contributed by atoms with Crippen molar-refractivity contribution in [1.29, 1.82) is 0 Å². The highest BCUT2D eigenvalue weighted by molar-refractivity contribution is 6.15. The first-order chi connectivity index (χ1) is 13.6. The van der Waals surface area contributed by atoms with Gasteiger partial charge in [-0.2, -0.15) is 0 Å². The molecular formula is C23H25NO4. The van der Waals surface area contributed by atoms with E-state index in [2.05, 4.69) is 11.8 Å². The van der Waals surface area contributed by atoms with Gasteiger partial charge >= 0.3 is 0 Å². The Morgan fingerprint density at radius 3 is 2.89 bits per heavy atom. The first kappa shape index (κ1) is 18.6. The number of fused-ring (bicyclic) bond motifs is 1. The lowest BCUT2D eigenvalue weighted by Crippen LogP contribution is -2.33. The number of carbonyl (C=O) groups excluding carboxylic acids is 1. The van der Waals surface area contributed by atoms with Gasteiger partial charge in [0.2, 0.25) is 5.78 Å². The van der Waals surface area contributed by atoms with Gasteiger partial charge in [-0.3, -0.25) is 9.69 Å². The standard InChI is InChI=1S/C23H25NO4/c1-15-6-5-11-24(13-15)14-18-19(25)10-9-17-22(26)21(28-23(17)18)12-16-7-3-4-8-20(16)27-2/h3-4,7-10,12,15,25H,5-6,11,13-14H2,1-2H3/t15-/m0/s1. The van der Waals surface area contributed by atoms with E-state index in [4.69, 9.17) is 9.47 Å². The van der Waals surface area contributed by atoms with Crippen LogP contribution in [0.1, 0.15) is 41.3 Å². The minimum Gasteiger partial charge on any atom is -0.507 e. The number of Topliss-reactive ketones (excluding diaryl/α,β-unsaturated/α-hetero) is 1. The number of allylic oxidation sites excluding steroid dienone is 1. The summed E-state index contributed by atoms with van der Waals surface area (Å²) < 4.78 is 11.3.